The number of nitrogens with zero attached hydrogens (tertiary/aromatic N) is 1. The number of rotatable bonds is 19. The van der Waals surface area contributed by atoms with Crippen LogP contribution in [-0.2, 0) is 4.79 Å². The molecule has 1 amide bonds. The van der Waals surface area contributed by atoms with E-state index in [9.17, 15) is 9.90 Å². The average Bonchev–Trinajstić information content (AvgIpc) is 2.63. The van der Waals surface area contributed by atoms with Crippen LogP contribution in [0.1, 0.15) is 96.8 Å². The number of carbonyl (C=O) groups is 1. The maximum Gasteiger partial charge on any atom is 0.219 e. The molecule has 0 aliphatic carbocycles. The van der Waals surface area contributed by atoms with Gasteiger partial charge in [-0.25, -0.2) is 0 Å². The third kappa shape index (κ3) is 21.4. The summed E-state index contributed by atoms with van der Waals surface area (Å²) in [6, 6.07) is 0. The van der Waals surface area contributed by atoms with Crippen LogP contribution in [0.4, 0.5) is 0 Å². The lowest BCUT2D eigenvalue weighted by Gasteiger charge is -2.23. The van der Waals surface area contributed by atoms with Crippen molar-refractivity contribution in [3.63, 3.8) is 0 Å². The number of allylic oxidation sites excluding steroid dienone is 1. The molecule has 0 aliphatic heterocycles. The van der Waals surface area contributed by atoms with E-state index < -0.39 is 0 Å². The van der Waals surface area contributed by atoms with E-state index in [0.717, 1.165) is 62.5 Å². The van der Waals surface area contributed by atoms with Crippen molar-refractivity contribution in [2.75, 3.05) is 34.2 Å². The van der Waals surface area contributed by atoms with E-state index in [1.165, 1.54) is 38.5 Å². The molecule has 0 rings (SSSR count). The normalized spacial score (nSPS) is 13.2. The molecule has 0 heterocycles. The smallest absolute Gasteiger partial charge is 0.219 e. The predicted molar refractivity (Wildman–Crippen MR) is 121 cm³/mol. The van der Waals surface area contributed by atoms with E-state index in [4.69, 9.17) is 0 Å². The van der Waals surface area contributed by atoms with E-state index in [-0.39, 0.29) is 12.0 Å². The fourth-order valence-corrected chi connectivity index (χ4v) is 3.24. The van der Waals surface area contributed by atoms with Gasteiger partial charge in [-0.05, 0) is 32.1 Å². The summed E-state index contributed by atoms with van der Waals surface area (Å²) in [5, 5.41) is 12.9. The molecular formula is C24H49N2O2+. The number of hydrogen-bond acceptors (Lipinski definition) is 2. The number of hydrogen-bond donors (Lipinski definition) is 2. The Labute approximate surface area is 175 Å². The van der Waals surface area contributed by atoms with Gasteiger partial charge in [-0.1, -0.05) is 64.0 Å². The van der Waals surface area contributed by atoms with Crippen molar-refractivity contribution in [2.24, 2.45) is 0 Å². The van der Waals surface area contributed by atoms with Crippen LogP contribution in [0.15, 0.2) is 12.2 Å². The minimum Gasteiger partial charge on any atom is -0.393 e. The van der Waals surface area contributed by atoms with E-state index in [2.05, 4.69) is 45.5 Å². The SMILES string of the molecule is CCCCCC[C@@H](O)CC=CCCCCCCCC(=O)NCCC[N+](C)(C)C. The summed E-state index contributed by atoms with van der Waals surface area (Å²) >= 11 is 0. The molecule has 0 aromatic heterocycles. The molecule has 0 saturated carbocycles. The highest BCUT2D eigenvalue weighted by atomic mass is 16.3. The highest BCUT2D eigenvalue weighted by Crippen LogP contribution is 2.10. The third-order valence-electron chi connectivity index (χ3n) is 5.07. The number of nitrogens with one attached hydrogen (secondary N) is 1. The van der Waals surface area contributed by atoms with Crippen LogP contribution in [0.3, 0.4) is 0 Å². The molecule has 0 radical (unpaired) electrons. The molecule has 0 aromatic carbocycles. The molecule has 0 fully saturated rings. The van der Waals surface area contributed by atoms with E-state index in [1.54, 1.807) is 0 Å². The molecule has 28 heavy (non-hydrogen) atoms. The van der Waals surface area contributed by atoms with E-state index >= 15 is 0 Å². The van der Waals surface area contributed by atoms with Crippen LogP contribution >= 0.6 is 0 Å². The molecule has 0 aliphatic rings. The summed E-state index contributed by atoms with van der Waals surface area (Å²) in [5.41, 5.74) is 0. The minimum absolute atomic E-state index is 0.160. The van der Waals surface area contributed by atoms with Crippen LogP contribution in [0.5, 0.6) is 0 Å². The Morgan fingerprint density at radius 2 is 1.61 bits per heavy atom. The van der Waals surface area contributed by atoms with E-state index in [1.807, 2.05) is 0 Å². The summed E-state index contributed by atoms with van der Waals surface area (Å²) in [6.45, 7) is 4.10. The van der Waals surface area contributed by atoms with Crippen LogP contribution < -0.4 is 5.32 Å². The zero-order valence-electron chi connectivity index (χ0n) is 19.3. The third-order valence-corrected chi connectivity index (χ3v) is 5.07. The molecule has 166 valence electrons. The number of aliphatic hydroxyl groups is 1. The van der Waals surface area contributed by atoms with Crippen molar-refractivity contribution in [1.29, 1.82) is 0 Å². The highest BCUT2D eigenvalue weighted by molar-refractivity contribution is 5.75. The lowest BCUT2D eigenvalue weighted by molar-refractivity contribution is -0.870. The van der Waals surface area contributed by atoms with Gasteiger partial charge in [0.1, 0.15) is 0 Å². The van der Waals surface area contributed by atoms with Gasteiger partial charge in [0, 0.05) is 19.4 Å². The molecule has 0 aromatic rings. The lowest BCUT2D eigenvalue weighted by atomic mass is 10.1. The second-order valence-corrected chi connectivity index (χ2v) is 9.23. The topological polar surface area (TPSA) is 49.3 Å². The van der Waals surface area contributed by atoms with Crippen molar-refractivity contribution < 1.29 is 14.4 Å². The first-order chi connectivity index (χ1) is 13.3. The Morgan fingerprint density at radius 1 is 0.929 bits per heavy atom. The molecule has 2 N–H and O–H groups in total. The molecule has 0 unspecified atom stereocenters. The van der Waals surface area contributed by atoms with Crippen molar-refractivity contribution in [3.8, 4) is 0 Å². The molecule has 1 atom stereocenters. The molecule has 0 bridgehead atoms. The molecule has 4 heteroatoms. The lowest BCUT2D eigenvalue weighted by Crippen LogP contribution is -2.37. The fourth-order valence-electron chi connectivity index (χ4n) is 3.24. The summed E-state index contributed by atoms with van der Waals surface area (Å²) in [4.78, 5) is 11.8. The van der Waals surface area contributed by atoms with Gasteiger partial charge in [-0.2, -0.15) is 0 Å². The number of quaternary nitrogens is 1. The van der Waals surface area contributed by atoms with Crippen molar-refractivity contribution in [2.45, 2.75) is 103 Å². The highest BCUT2D eigenvalue weighted by Gasteiger charge is 2.06. The van der Waals surface area contributed by atoms with Crippen molar-refractivity contribution >= 4 is 5.91 Å². The maximum absolute atomic E-state index is 11.8. The second kappa shape index (κ2) is 18.2. The standard InChI is InChI=1S/C24H48N2O2/c1-5-6-7-14-18-23(27)19-15-12-10-8-9-11-13-16-20-24(28)25-21-17-22-26(2,3)4/h12,15,23,27H,5-11,13-14,16-22H2,1-4H3/p+1/t23-/m1/s1. The largest absolute Gasteiger partial charge is 0.393 e. The average molecular weight is 398 g/mol. The quantitative estimate of drug-likeness (QED) is 0.179. The van der Waals surface area contributed by atoms with Crippen LogP contribution in [0.2, 0.25) is 0 Å². The Bertz CT molecular complexity index is 389. The minimum atomic E-state index is -0.160. The van der Waals surface area contributed by atoms with Gasteiger partial charge in [-0.15, -0.1) is 0 Å². The van der Waals surface area contributed by atoms with Crippen LogP contribution in [-0.4, -0.2) is 55.8 Å². The molecule has 0 spiro atoms. The van der Waals surface area contributed by atoms with Gasteiger partial charge in [0.05, 0.1) is 33.8 Å². The summed E-state index contributed by atoms with van der Waals surface area (Å²) < 4.78 is 0.949. The molecule has 4 nitrogen and oxygen atoms in total. The Hall–Kier alpha value is -0.870. The maximum atomic E-state index is 11.8. The zero-order valence-corrected chi connectivity index (χ0v) is 19.3. The zero-order chi connectivity index (χ0) is 21.1. The first kappa shape index (κ1) is 27.1. The first-order valence-electron chi connectivity index (χ1n) is 11.8. The number of carbonyl (C=O) groups excluding carboxylic acids is 1. The fraction of sp³-hybridized carbons (Fsp3) is 0.875. The number of unbranched alkanes of at least 4 members (excludes halogenated alkanes) is 8. The van der Waals surface area contributed by atoms with Crippen LogP contribution in [0.25, 0.3) is 0 Å². The summed E-state index contributed by atoms with van der Waals surface area (Å²) in [5.74, 6) is 0.206. The van der Waals surface area contributed by atoms with Crippen LogP contribution in [0, 0.1) is 0 Å². The number of aliphatic hydroxyl groups excluding tert-OH is 1. The summed E-state index contributed by atoms with van der Waals surface area (Å²) in [6.07, 6.45) is 19.5. The Kier molecular flexibility index (Phi) is 17.6. The van der Waals surface area contributed by atoms with Gasteiger partial charge < -0.3 is 14.9 Å². The number of amides is 1. The van der Waals surface area contributed by atoms with Gasteiger partial charge >= 0.3 is 0 Å². The Balaban J connectivity index is 3.37. The van der Waals surface area contributed by atoms with Crippen molar-refractivity contribution in [3.05, 3.63) is 12.2 Å². The molecular weight excluding hydrogens is 348 g/mol. The van der Waals surface area contributed by atoms with Gasteiger partial charge in [0.25, 0.3) is 0 Å². The van der Waals surface area contributed by atoms with E-state index in [0.29, 0.717) is 6.42 Å². The predicted octanol–water partition coefficient (Wildman–Crippen LogP) is 5.21. The van der Waals surface area contributed by atoms with Gasteiger partial charge in [0.2, 0.25) is 5.91 Å². The Morgan fingerprint density at radius 3 is 2.32 bits per heavy atom. The molecule has 0 saturated heterocycles. The monoisotopic (exact) mass is 397 g/mol. The second-order valence-electron chi connectivity index (χ2n) is 9.23. The van der Waals surface area contributed by atoms with Gasteiger partial charge in [-0.3, -0.25) is 4.79 Å². The van der Waals surface area contributed by atoms with Gasteiger partial charge in [0.15, 0.2) is 0 Å². The summed E-state index contributed by atoms with van der Waals surface area (Å²) in [7, 11) is 6.53. The first-order valence-corrected chi connectivity index (χ1v) is 11.8. The van der Waals surface area contributed by atoms with Crippen molar-refractivity contribution in [1.82, 2.24) is 5.32 Å².